The minimum atomic E-state index is -0.542. The molecule has 2 amide bonds. The lowest BCUT2D eigenvalue weighted by Crippen LogP contribution is -2.33. The zero-order chi connectivity index (χ0) is 16.1. The number of nitrogens with one attached hydrogen (secondary N) is 1. The Morgan fingerprint density at radius 3 is 2.95 bits per heavy atom. The van der Waals surface area contributed by atoms with Crippen LogP contribution in [0.4, 0.5) is 14.9 Å². The van der Waals surface area contributed by atoms with Crippen LogP contribution in [-0.4, -0.2) is 44.9 Å². The van der Waals surface area contributed by atoms with Crippen molar-refractivity contribution in [2.24, 2.45) is 0 Å². The number of cyclic esters (lactones) is 1. The average molecular weight is 310 g/mol. The second kappa shape index (κ2) is 7.22. The quantitative estimate of drug-likeness (QED) is 0.864. The third kappa shape index (κ3) is 3.94. The summed E-state index contributed by atoms with van der Waals surface area (Å²) in [6, 6.07) is 4.63. The van der Waals surface area contributed by atoms with Crippen molar-refractivity contribution in [3.63, 3.8) is 0 Å². The molecular weight excluding hydrogens is 291 g/mol. The normalized spacial score (nSPS) is 17.5. The van der Waals surface area contributed by atoms with Gasteiger partial charge in [0, 0.05) is 14.0 Å². The fourth-order valence-electron chi connectivity index (χ4n) is 2.22. The third-order valence-corrected chi connectivity index (χ3v) is 3.38. The minimum absolute atomic E-state index is 0.192. The van der Waals surface area contributed by atoms with E-state index in [4.69, 9.17) is 9.47 Å². The number of carbonyl (C=O) groups excluding carboxylic acids is 2. The second-order valence-electron chi connectivity index (χ2n) is 5.07. The Labute approximate surface area is 128 Å². The van der Waals surface area contributed by atoms with Gasteiger partial charge in [0.25, 0.3) is 0 Å². The number of halogens is 1. The molecule has 1 N–H and O–H groups in total. The maximum Gasteiger partial charge on any atom is 0.414 e. The molecule has 1 saturated heterocycles. The summed E-state index contributed by atoms with van der Waals surface area (Å²) in [6.07, 6.45) is -0.509. The third-order valence-electron chi connectivity index (χ3n) is 3.38. The summed E-state index contributed by atoms with van der Waals surface area (Å²) in [5.74, 6) is -0.573. The number of amides is 2. The standard InChI is InChI=1S/C15H19FN2O4/c1-10(19)17-8-13-9-18(15(20)22-13)12-4-3-11(5-6-21-2)14(16)7-12/h3-4,7,13H,5-6,8-9H2,1-2H3,(H,17,19)/t13-/m0/s1. The Morgan fingerprint density at radius 2 is 2.32 bits per heavy atom. The van der Waals surface area contributed by atoms with E-state index in [1.807, 2.05) is 0 Å². The van der Waals surface area contributed by atoms with Gasteiger partial charge in [0.2, 0.25) is 5.91 Å². The van der Waals surface area contributed by atoms with E-state index in [-0.39, 0.29) is 24.8 Å². The number of anilines is 1. The summed E-state index contributed by atoms with van der Waals surface area (Å²) in [5, 5.41) is 2.59. The first kappa shape index (κ1) is 16.2. The largest absolute Gasteiger partial charge is 0.442 e. The van der Waals surface area contributed by atoms with Gasteiger partial charge in [-0.15, -0.1) is 0 Å². The molecule has 1 aliphatic rings. The highest BCUT2D eigenvalue weighted by atomic mass is 19.1. The summed E-state index contributed by atoms with van der Waals surface area (Å²) in [6.45, 7) is 2.34. The van der Waals surface area contributed by atoms with Crippen LogP contribution >= 0.6 is 0 Å². The summed E-state index contributed by atoms with van der Waals surface area (Å²) in [5.41, 5.74) is 0.974. The summed E-state index contributed by atoms with van der Waals surface area (Å²) >= 11 is 0. The molecule has 0 radical (unpaired) electrons. The molecule has 0 bridgehead atoms. The smallest absolute Gasteiger partial charge is 0.414 e. The van der Waals surface area contributed by atoms with Crippen LogP contribution in [0, 0.1) is 5.82 Å². The molecule has 1 heterocycles. The van der Waals surface area contributed by atoms with Crippen LogP contribution in [-0.2, 0) is 20.7 Å². The summed E-state index contributed by atoms with van der Waals surface area (Å²) < 4.78 is 24.1. The fourth-order valence-corrected chi connectivity index (χ4v) is 2.22. The van der Waals surface area contributed by atoms with Gasteiger partial charge in [-0.25, -0.2) is 9.18 Å². The van der Waals surface area contributed by atoms with Crippen molar-refractivity contribution in [3.05, 3.63) is 29.6 Å². The zero-order valence-corrected chi connectivity index (χ0v) is 12.6. The van der Waals surface area contributed by atoms with Crippen LogP contribution < -0.4 is 10.2 Å². The van der Waals surface area contributed by atoms with Crippen LogP contribution in [0.15, 0.2) is 18.2 Å². The van der Waals surface area contributed by atoms with Crippen molar-refractivity contribution in [2.45, 2.75) is 19.4 Å². The molecule has 0 unspecified atom stereocenters. The predicted molar refractivity (Wildman–Crippen MR) is 78.3 cm³/mol. The number of hydrogen-bond acceptors (Lipinski definition) is 4. The average Bonchev–Trinajstić information content (AvgIpc) is 2.85. The van der Waals surface area contributed by atoms with Crippen molar-refractivity contribution in [2.75, 3.05) is 31.7 Å². The maximum absolute atomic E-state index is 14.0. The van der Waals surface area contributed by atoms with E-state index < -0.39 is 12.2 Å². The highest BCUT2D eigenvalue weighted by Gasteiger charge is 2.32. The van der Waals surface area contributed by atoms with Crippen molar-refractivity contribution < 1.29 is 23.5 Å². The molecular formula is C15H19FN2O4. The van der Waals surface area contributed by atoms with Crippen molar-refractivity contribution >= 4 is 17.7 Å². The van der Waals surface area contributed by atoms with E-state index in [0.717, 1.165) is 0 Å². The van der Waals surface area contributed by atoms with Gasteiger partial charge >= 0.3 is 6.09 Å². The molecule has 1 fully saturated rings. The van der Waals surface area contributed by atoms with E-state index in [1.54, 1.807) is 19.2 Å². The lowest BCUT2D eigenvalue weighted by atomic mass is 10.1. The van der Waals surface area contributed by atoms with E-state index >= 15 is 0 Å². The van der Waals surface area contributed by atoms with Gasteiger partial charge in [-0.3, -0.25) is 9.69 Å². The van der Waals surface area contributed by atoms with Gasteiger partial charge < -0.3 is 14.8 Å². The first-order chi connectivity index (χ1) is 10.5. The number of methoxy groups -OCH3 is 1. The minimum Gasteiger partial charge on any atom is -0.442 e. The number of hydrogen-bond donors (Lipinski definition) is 1. The Hall–Kier alpha value is -2.15. The molecule has 1 aromatic carbocycles. The van der Waals surface area contributed by atoms with Crippen LogP contribution in [0.5, 0.6) is 0 Å². The van der Waals surface area contributed by atoms with Crippen molar-refractivity contribution in [1.82, 2.24) is 5.32 Å². The molecule has 0 saturated carbocycles. The van der Waals surface area contributed by atoms with E-state index in [2.05, 4.69) is 5.32 Å². The van der Waals surface area contributed by atoms with Gasteiger partial charge in [0.1, 0.15) is 11.9 Å². The Bertz CT molecular complexity index is 564. The highest BCUT2D eigenvalue weighted by molar-refractivity contribution is 5.89. The molecule has 22 heavy (non-hydrogen) atoms. The Balaban J connectivity index is 2.03. The van der Waals surface area contributed by atoms with E-state index in [0.29, 0.717) is 24.3 Å². The van der Waals surface area contributed by atoms with Gasteiger partial charge in [-0.2, -0.15) is 0 Å². The maximum atomic E-state index is 14.0. The molecule has 0 spiro atoms. The first-order valence-corrected chi connectivity index (χ1v) is 7.01. The lowest BCUT2D eigenvalue weighted by Gasteiger charge is -2.14. The van der Waals surface area contributed by atoms with Crippen LogP contribution in [0.2, 0.25) is 0 Å². The number of ether oxygens (including phenoxy) is 2. The predicted octanol–water partition coefficient (Wildman–Crippen LogP) is 1.48. The summed E-state index contributed by atoms with van der Waals surface area (Å²) in [4.78, 5) is 24.1. The molecule has 2 rings (SSSR count). The lowest BCUT2D eigenvalue weighted by molar-refractivity contribution is -0.119. The second-order valence-corrected chi connectivity index (χ2v) is 5.07. The topological polar surface area (TPSA) is 67.9 Å². The fraction of sp³-hybridized carbons (Fsp3) is 0.467. The molecule has 6 nitrogen and oxygen atoms in total. The van der Waals surface area contributed by atoms with Crippen LogP contribution in [0.25, 0.3) is 0 Å². The van der Waals surface area contributed by atoms with Gasteiger partial charge in [-0.1, -0.05) is 6.07 Å². The monoisotopic (exact) mass is 310 g/mol. The first-order valence-electron chi connectivity index (χ1n) is 7.01. The molecule has 1 atom stereocenters. The Kier molecular flexibility index (Phi) is 5.32. The molecule has 0 aliphatic carbocycles. The van der Waals surface area contributed by atoms with Gasteiger partial charge in [0.15, 0.2) is 0 Å². The van der Waals surface area contributed by atoms with Gasteiger partial charge in [0.05, 0.1) is 25.4 Å². The molecule has 7 heteroatoms. The van der Waals surface area contributed by atoms with Crippen molar-refractivity contribution in [1.29, 1.82) is 0 Å². The van der Waals surface area contributed by atoms with Crippen LogP contribution in [0.1, 0.15) is 12.5 Å². The molecule has 0 aromatic heterocycles. The number of carbonyl (C=O) groups is 2. The number of rotatable bonds is 6. The zero-order valence-electron chi connectivity index (χ0n) is 12.6. The van der Waals surface area contributed by atoms with Crippen LogP contribution in [0.3, 0.4) is 0 Å². The SMILES string of the molecule is COCCc1ccc(N2C[C@H](CNC(C)=O)OC2=O)cc1F. The highest BCUT2D eigenvalue weighted by Crippen LogP contribution is 2.24. The Morgan fingerprint density at radius 1 is 1.55 bits per heavy atom. The molecule has 1 aliphatic heterocycles. The number of benzene rings is 1. The molecule has 1 aromatic rings. The molecule has 120 valence electrons. The van der Waals surface area contributed by atoms with E-state index in [9.17, 15) is 14.0 Å². The number of nitrogens with zero attached hydrogens (tertiary/aromatic N) is 1. The summed E-state index contributed by atoms with van der Waals surface area (Å²) in [7, 11) is 1.56. The van der Waals surface area contributed by atoms with E-state index in [1.165, 1.54) is 17.9 Å². The van der Waals surface area contributed by atoms with Crippen molar-refractivity contribution in [3.8, 4) is 0 Å². The van der Waals surface area contributed by atoms with Gasteiger partial charge in [-0.05, 0) is 24.1 Å².